The zero-order chi connectivity index (χ0) is 26.1. The standard InChI is InChI=1S/C22H19F5N6O3/c1-14(21(35,9-31-12-28-11-29-31)18-7-2-15(23)8-19(18)24)32-13-30-33(20(32)34)16-3-5-17(6-4-16)36-10-22(25,26)27/h2-8,11-14,35H,9-10H2,1H3/t14-,21-/m1/s1. The summed E-state index contributed by atoms with van der Waals surface area (Å²) in [6.45, 7) is -0.358. The average molecular weight is 510 g/mol. The van der Waals surface area contributed by atoms with E-state index in [1.54, 1.807) is 0 Å². The summed E-state index contributed by atoms with van der Waals surface area (Å²) in [5.74, 6) is -1.94. The van der Waals surface area contributed by atoms with Gasteiger partial charge in [0.2, 0.25) is 0 Å². The van der Waals surface area contributed by atoms with E-state index in [0.29, 0.717) is 6.07 Å². The molecule has 0 unspecified atom stereocenters. The van der Waals surface area contributed by atoms with Crippen molar-refractivity contribution in [3.8, 4) is 11.4 Å². The van der Waals surface area contributed by atoms with Crippen LogP contribution in [0.4, 0.5) is 22.0 Å². The van der Waals surface area contributed by atoms with Gasteiger partial charge in [-0.1, -0.05) is 6.07 Å². The van der Waals surface area contributed by atoms with E-state index in [2.05, 4.69) is 19.9 Å². The predicted octanol–water partition coefficient (Wildman–Crippen LogP) is 2.99. The molecular weight excluding hydrogens is 491 g/mol. The van der Waals surface area contributed by atoms with Gasteiger partial charge in [-0.05, 0) is 37.3 Å². The van der Waals surface area contributed by atoms with Crippen molar-refractivity contribution >= 4 is 0 Å². The van der Waals surface area contributed by atoms with Crippen molar-refractivity contribution in [2.75, 3.05) is 6.61 Å². The Bertz CT molecular complexity index is 1380. The van der Waals surface area contributed by atoms with Crippen LogP contribution in [-0.4, -0.2) is 47.0 Å². The molecule has 0 aliphatic heterocycles. The second-order valence-corrected chi connectivity index (χ2v) is 7.95. The fourth-order valence-electron chi connectivity index (χ4n) is 3.68. The summed E-state index contributed by atoms with van der Waals surface area (Å²) in [6.07, 6.45) is -0.890. The molecule has 0 amide bonds. The van der Waals surface area contributed by atoms with Gasteiger partial charge in [-0.25, -0.2) is 23.2 Å². The molecule has 4 aromatic rings. The first kappa shape index (κ1) is 25.0. The molecule has 2 aromatic heterocycles. The fourth-order valence-corrected chi connectivity index (χ4v) is 3.68. The molecule has 0 fully saturated rings. The molecule has 36 heavy (non-hydrogen) atoms. The first-order chi connectivity index (χ1) is 17.0. The molecule has 2 aromatic carbocycles. The molecule has 2 heterocycles. The van der Waals surface area contributed by atoms with Gasteiger partial charge in [0.05, 0.1) is 18.3 Å². The van der Waals surface area contributed by atoms with Crippen molar-refractivity contribution in [1.29, 1.82) is 0 Å². The van der Waals surface area contributed by atoms with Gasteiger partial charge in [0.25, 0.3) is 0 Å². The van der Waals surface area contributed by atoms with E-state index in [4.69, 9.17) is 0 Å². The van der Waals surface area contributed by atoms with Crippen molar-refractivity contribution < 1.29 is 31.8 Å². The van der Waals surface area contributed by atoms with Crippen LogP contribution in [0, 0.1) is 11.6 Å². The van der Waals surface area contributed by atoms with E-state index in [-0.39, 0.29) is 23.5 Å². The third-order valence-corrected chi connectivity index (χ3v) is 5.55. The number of aromatic nitrogens is 6. The average Bonchev–Trinajstić information content (AvgIpc) is 3.46. The van der Waals surface area contributed by atoms with Crippen molar-refractivity contribution in [3.05, 3.63) is 89.1 Å². The quantitative estimate of drug-likeness (QED) is 0.366. The summed E-state index contributed by atoms with van der Waals surface area (Å²) in [5, 5.41) is 19.6. The van der Waals surface area contributed by atoms with Crippen LogP contribution in [0.25, 0.3) is 5.69 Å². The molecule has 9 nitrogen and oxygen atoms in total. The summed E-state index contributed by atoms with van der Waals surface area (Å²) in [5.41, 5.74) is -2.90. The van der Waals surface area contributed by atoms with Crippen LogP contribution < -0.4 is 10.4 Å². The Labute approximate surface area is 200 Å². The van der Waals surface area contributed by atoms with Gasteiger partial charge in [-0.15, -0.1) is 0 Å². The minimum Gasteiger partial charge on any atom is -0.484 e. The number of hydrogen-bond donors (Lipinski definition) is 1. The number of aliphatic hydroxyl groups is 1. The maximum atomic E-state index is 14.8. The lowest BCUT2D eigenvalue weighted by atomic mass is 9.86. The Kier molecular flexibility index (Phi) is 6.63. The van der Waals surface area contributed by atoms with E-state index in [9.17, 15) is 31.9 Å². The molecule has 0 saturated heterocycles. The van der Waals surface area contributed by atoms with Gasteiger partial charge in [0.15, 0.2) is 6.61 Å². The van der Waals surface area contributed by atoms with Crippen molar-refractivity contribution in [3.63, 3.8) is 0 Å². The third-order valence-electron chi connectivity index (χ3n) is 5.55. The molecule has 0 spiro atoms. The molecule has 0 saturated carbocycles. The second-order valence-electron chi connectivity index (χ2n) is 7.95. The summed E-state index contributed by atoms with van der Waals surface area (Å²) < 4.78 is 73.2. The normalized spacial score (nSPS) is 14.4. The van der Waals surface area contributed by atoms with Crippen molar-refractivity contribution in [1.82, 2.24) is 29.1 Å². The predicted molar refractivity (Wildman–Crippen MR) is 114 cm³/mol. The molecule has 0 aliphatic rings. The third kappa shape index (κ3) is 5.12. The Morgan fingerprint density at radius 2 is 1.78 bits per heavy atom. The van der Waals surface area contributed by atoms with Gasteiger partial charge >= 0.3 is 11.9 Å². The fraction of sp³-hybridized carbons (Fsp3) is 0.273. The van der Waals surface area contributed by atoms with Crippen molar-refractivity contribution in [2.24, 2.45) is 0 Å². The number of benzene rings is 2. The zero-order valence-corrected chi connectivity index (χ0v) is 18.6. The minimum absolute atomic E-state index is 0.0640. The molecule has 2 atom stereocenters. The molecule has 0 radical (unpaired) electrons. The molecule has 0 aliphatic carbocycles. The number of rotatable bonds is 8. The van der Waals surface area contributed by atoms with Gasteiger partial charge in [-0.2, -0.15) is 28.1 Å². The van der Waals surface area contributed by atoms with Gasteiger partial charge in [0, 0.05) is 11.6 Å². The molecular formula is C22H19F5N6O3. The zero-order valence-electron chi connectivity index (χ0n) is 18.6. The highest BCUT2D eigenvalue weighted by Crippen LogP contribution is 2.36. The second kappa shape index (κ2) is 9.53. The Morgan fingerprint density at radius 1 is 1.06 bits per heavy atom. The number of nitrogens with zero attached hydrogens (tertiary/aromatic N) is 6. The van der Waals surface area contributed by atoms with Crippen LogP contribution in [0.2, 0.25) is 0 Å². The lowest BCUT2D eigenvalue weighted by molar-refractivity contribution is -0.153. The van der Waals surface area contributed by atoms with Gasteiger partial charge in [-0.3, -0.25) is 4.57 Å². The first-order valence-corrected chi connectivity index (χ1v) is 10.4. The first-order valence-electron chi connectivity index (χ1n) is 10.4. The number of alkyl halides is 3. The van der Waals surface area contributed by atoms with E-state index in [1.807, 2.05) is 0 Å². The lowest BCUT2D eigenvalue weighted by Crippen LogP contribution is -2.43. The molecule has 0 bridgehead atoms. The maximum Gasteiger partial charge on any atom is 0.422 e. The van der Waals surface area contributed by atoms with Crippen LogP contribution >= 0.6 is 0 Å². The molecule has 14 heteroatoms. The monoisotopic (exact) mass is 510 g/mol. The Balaban J connectivity index is 1.67. The Morgan fingerprint density at radius 3 is 2.39 bits per heavy atom. The highest BCUT2D eigenvalue weighted by molar-refractivity contribution is 5.36. The largest absolute Gasteiger partial charge is 0.484 e. The summed E-state index contributed by atoms with van der Waals surface area (Å²) in [7, 11) is 0. The van der Waals surface area contributed by atoms with Crippen LogP contribution in [0.5, 0.6) is 5.75 Å². The summed E-state index contributed by atoms with van der Waals surface area (Å²) in [6, 6.07) is 6.67. The molecule has 1 N–H and O–H groups in total. The summed E-state index contributed by atoms with van der Waals surface area (Å²) in [4.78, 5) is 16.9. The highest BCUT2D eigenvalue weighted by Gasteiger charge is 2.41. The van der Waals surface area contributed by atoms with Crippen molar-refractivity contribution in [2.45, 2.75) is 31.3 Å². The van der Waals surface area contributed by atoms with E-state index in [0.717, 1.165) is 27.7 Å². The van der Waals surface area contributed by atoms with Crippen LogP contribution in [0.1, 0.15) is 18.5 Å². The lowest BCUT2D eigenvalue weighted by Gasteiger charge is -2.34. The number of ether oxygens (including phenoxy) is 1. The van der Waals surface area contributed by atoms with E-state index >= 15 is 0 Å². The van der Waals surface area contributed by atoms with Crippen LogP contribution in [0.3, 0.4) is 0 Å². The number of halogens is 5. The molecule has 4 rings (SSSR count). The number of hydrogen-bond acceptors (Lipinski definition) is 6. The Hall–Kier alpha value is -4.07. The SMILES string of the molecule is C[C@@H](n1cnn(-c2ccc(OCC(F)(F)F)cc2)c1=O)[C@](O)(Cn1cncn1)c1ccc(F)cc1F. The topological polar surface area (TPSA) is 100.0 Å². The van der Waals surface area contributed by atoms with Crippen LogP contribution in [0.15, 0.2) is 66.2 Å². The maximum absolute atomic E-state index is 14.8. The summed E-state index contributed by atoms with van der Waals surface area (Å²) >= 11 is 0. The molecule has 190 valence electrons. The minimum atomic E-state index is -4.50. The van der Waals surface area contributed by atoms with E-state index < -0.39 is 41.8 Å². The highest BCUT2D eigenvalue weighted by atomic mass is 19.4. The smallest absolute Gasteiger partial charge is 0.422 e. The van der Waals surface area contributed by atoms with E-state index in [1.165, 1.54) is 48.5 Å². The van der Waals surface area contributed by atoms with Gasteiger partial charge < -0.3 is 9.84 Å². The van der Waals surface area contributed by atoms with Gasteiger partial charge in [0.1, 0.15) is 42.0 Å². The van der Waals surface area contributed by atoms with Crippen LogP contribution in [-0.2, 0) is 12.1 Å².